The maximum Gasteiger partial charge on any atom is 0.203 e. The number of hydrogen-bond donors (Lipinski definition) is 1. The van der Waals surface area contributed by atoms with Gasteiger partial charge in [0.2, 0.25) is 5.75 Å². The van der Waals surface area contributed by atoms with E-state index in [1.807, 2.05) is 42.5 Å². The van der Waals surface area contributed by atoms with Crippen LogP contribution in [0.15, 0.2) is 42.5 Å². The van der Waals surface area contributed by atoms with Crippen molar-refractivity contribution in [2.45, 2.75) is 26.1 Å². The van der Waals surface area contributed by atoms with Gasteiger partial charge in [-0.05, 0) is 29.2 Å². The maximum absolute atomic E-state index is 6.14. The number of methoxy groups -OCH3 is 2. The molecular formula is C21H29ClN2O3. The molecule has 0 spiro atoms. The van der Waals surface area contributed by atoms with Crippen molar-refractivity contribution < 1.29 is 14.2 Å². The number of halogens is 1. The first-order valence-corrected chi connectivity index (χ1v) is 9.00. The molecule has 1 heterocycles. The number of nitrogens with zero attached hydrogens (tertiary/aromatic N) is 1. The summed E-state index contributed by atoms with van der Waals surface area (Å²) in [4.78, 5) is 2.37. The van der Waals surface area contributed by atoms with E-state index in [2.05, 4.69) is 11.8 Å². The number of benzene rings is 2. The lowest BCUT2D eigenvalue weighted by Crippen LogP contribution is -2.28. The Kier molecular flexibility index (Phi) is 7.78. The Morgan fingerprint density at radius 1 is 1.00 bits per heavy atom. The van der Waals surface area contributed by atoms with Gasteiger partial charge in [0.15, 0.2) is 11.5 Å². The summed E-state index contributed by atoms with van der Waals surface area (Å²) in [7, 11) is 3.31. The van der Waals surface area contributed by atoms with Crippen LogP contribution < -0.4 is 19.9 Å². The van der Waals surface area contributed by atoms with E-state index in [1.54, 1.807) is 14.2 Å². The Morgan fingerprint density at radius 3 is 2.15 bits per heavy atom. The summed E-state index contributed by atoms with van der Waals surface area (Å²) in [6, 6.07) is 14.3. The highest BCUT2D eigenvalue weighted by Crippen LogP contribution is 2.39. The van der Waals surface area contributed by atoms with Crippen LogP contribution in [0.1, 0.15) is 18.1 Å². The molecule has 1 saturated heterocycles. The molecular weight excluding hydrogens is 364 g/mol. The van der Waals surface area contributed by atoms with Crippen molar-refractivity contribution in [2.75, 3.05) is 27.3 Å². The summed E-state index contributed by atoms with van der Waals surface area (Å²) in [5, 5.41) is 0. The number of ether oxygens (including phenoxy) is 3. The topological polar surface area (TPSA) is 57.0 Å². The highest BCUT2D eigenvalue weighted by Gasteiger charge is 2.27. The van der Waals surface area contributed by atoms with E-state index in [4.69, 9.17) is 19.9 Å². The maximum atomic E-state index is 6.14. The second kappa shape index (κ2) is 9.83. The largest absolute Gasteiger partial charge is 0.493 e. The van der Waals surface area contributed by atoms with Crippen LogP contribution in [0.2, 0.25) is 0 Å². The third-order valence-corrected chi connectivity index (χ3v) is 4.90. The van der Waals surface area contributed by atoms with E-state index >= 15 is 0 Å². The van der Waals surface area contributed by atoms with Crippen LogP contribution in [-0.2, 0) is 13.2 Å². The van der Waals surface area contributed by atoms with Gasteiger partial charge in [-0.3, -0.25) is 4.90 Å². The quantitative estimate of drug-likeness (QED) is 0.781. The molecule has 1 fully saturated rings. The van der Waals surface area contributed by atoms with Crippen LogP contribution in [-0.4, -0.2) is 38.3 Å². The third kappa shape index (κ3) is 5.28. The molecule has 6 heteroatoms. The standard InChI is InChI=1S/C21H28N2O3.ClH/c1-15-11-23(13-18(15)22)12-17-9-19(24-2)21(20(10-17)25-3)26-14-16-7-5-4-6-8-16;/h4-10,15,18H,11-14,22H2,1-3H3;1H. The fourth-order valence-electron chi connectivity index (χ4n) is 3.38. The molecule has 0 amide bonds. The van der Waals surface area contributed by atoms with Gasteiger partial charge in [-0.15, -0.1) is 12.4 Å². The molecule has 0 radical (unpaired) electrons. The fourth-order valence-corrected chi connectivity index (χ4v) is 3.38. The minimum atomic E-state index is 0. The van der Waals surface area contributed by atoms with Crippen LogP contribution in [0.3, 0.4) is 0 Å². The Morgan fingerprint density at radius 2 is 1.63 bits per heavy atom. The first-order chi connectivity index (χ1) is 12.6. The summed E-state index contributed by atoms with van der Waals surface area (Å²) in [6.07, 6.45) is 0. The van der Waals surface area contributed by atoms with Crippen molar-refractivity contribution in [1.82, 2.24) is 4.90 Å². The zero-order valence-corrected chi connectivity index (χ0v) is 17.0. The molecule has 27 heavy (non-hydrogen) atoms. The lowest BCUT2D eigenvalue weighted by molar-refractivity contribution is 0.264. The van der Waals surface area contributed by atoms with E-state index < -0.39 is 0 Å². The predicted molar refractivity (Wildman–Crippen MR) is 110 cm³/mol. The zero-order chi connectivity index (χ0) is 18.5. The lowest BCUT2D eigenvalue weighted by atomic mass is 10.1. The average Bonchev–Trinajstić information content (AvgIpc) is 2.97. The molecule has 1 aliphatic rings. The Labute approximate surface area is 167 Å². The molecule has 5 nitrogen and oxygen atoms in total. The van der Waals surface area contributed by atoms with Crippen LogP contribution in [0.4, 0.5) is 0 Å². The second-order valence-corrected chi connectivity index (χ2v) is 6.94. The molecule has 0 saturated carbocycles. The van der Waals surface area contributed by atoms with Crippen LogP contribution in [0.25, 0.3) is 0 Å². The van der Waals surface area contributed by atoms with Crippen LogP contribution in [0.5, 0.6) is 17.2 Å². The van der Waals surface area contributed by atoms with E-state index in [-0.39, 0.29) is 18.4 Å². The molecule has 1 aliphatic heterocycles. The predicted octanol–water partition coefficient (Wildman–Crippen LogP) is 3.48. The summed E-state index contributed by atoms with van der Waals surface area (Å²) < 4.78 is 17.2. The highest BCUT2D eigenvalue weighted by molar-refractivity contribution is 5.85. The summed E-state index contributed by atoms with van der Waals surface area (Å²) in [6.45, 7) is 5.41. The Bertz CT molecular complexity index is 692. The third-order valence-electron chi connectivity index (χ3n) is 4.90. The molecule has 0 aromatic heterocycles. The van der Waals surface area contributed by atoms with Crippen molar-refractivity contribution in [3.8, 4) is 17.2 Å². The van der Waals surface area contributed by atoms with Gasteiger partial charge in [0.25, 0.3) is 0 Å². The highest BCUT2D eigenvalue weighted by atomic mass is 35.5. The Hall–Kier alpha value is -1.95. The monoisotopic (exact) mass is 392 g/mol. The van der Waals surface area contributed by atoms with Crippen molar-refractivity contribution in [3.63, 3.8) is 0 Å². The number of nitrogens with two attached hydrogens (primary N) is 1. The molecule has 2 unspecified atom stereocenters. The molecule has 2 N–H and O–H groups in total. The normalized spacial score (nSPS) is 19.4. The molecule has 2 aromatic rings. The number of hydrogen-bond acceptors (Lipinski definition) is 5. The van der Waals surface area contributed by atoms with Gasteiger partial charge in [0.05, 0.1) is 14.2 Å². The fraction of sp³-hybridized carbons (Fsp3) is 0.429. The summed E-state index contributed by atoms with van der Waals surface area (Å²) in [5.74, 6) is 2.53. The molecule has 0 aliphatic carbocycles. The SMILES string of the molecule is COc1cc(CN2CC(C)C(N)C2)cc(OC)c1OCc1ccccc1.Cl. The van der Waals surface area contributed by atoms with Crippen molar-refractivity contribution in [1.29, 1.82) is 0 Å². The first kappa shape index (κ1) is 21.4. The first-order valence-electron chi connectivity index (χ1n) is 9.00. The molecule has 2 aromatic carbocycles. The lowest BCUT2D eigenvalue weighted by Gasteiger charge is -2.19. The minimum absolute atomic E-state index is 0. The van der Waals surface area contributed by atoms with Gasteiger partial charge in [0.1, 0.15) is 6.61 Å². The van der Waals surface area contributed by atoms with Crippen LogP contribution in [0, 0.1) is 5.92 Å². The molecule has 148 valence electrons. The smallest absolute Gasteiger partial charge is 0.203 e. The molecule has 2 atom stereocenters. The zero-order valence-electron chi connectivity index (χ0n) is 16.2. The van der Waals surface area contributed by atoms with Gasteiger partial charge in [-0.2, -0.15) is 0 Å². The Balaban J connectivity index is 0.00000261. The van der Waals surface area contributed by atoms with E-state index in [9.17, 15) is 0 Å². The minimum Gasteiger partial charge on any atom is -0.493 e. The van der Waals surface area contributed by atoms with E-state index in [1.165, 1.54) is 0 Å². The van der Waals surface area contributed by atoms with Gasteiger partial charge >= 0.3 is 0 Å². The van der Waals surface area contributed by atoms with Crippen molar-refractivity contribution in [2.24, 2.45) is 11.7 Å². The van der Waals surface area contributed by atoms with Gasteiger partial charge in [0, 0.05) is 25.7 Å². The molecule has 3 rings (SSSR count). The summed E-state index contributed by atoms with van der Waals surface area (Å²) >= 11 is 0. The summed E-state index contributed by atoms with van der Waals surface area (Å²) in [5.41, 5.74) is 8.37. The van der Waals surface area contributed by atoms with E-state index in [0.717, 1.165) is 30.8 Å². The van der Waals surface area contributed by atoms with Crippen molar-refractivity contribution in [3.05, 3.63) is 53.6 Å². The second-order valence-electron chi connectivity index (χ2n) is 6.94. The average molecular weight is 393 g/mol. The van der Waals surface area contributed by atoms with Gasteiger partial charge < -0.3 is 19.9 Å². The number of rotatable bonds is 7. The van der Waals surface area contributed by atoms with Gasteiger partial charge in [-0.1, -0.05) is 37.3 Å². The van der Waals surface area contributed by atoms with Crippen molar-refractivity contribution >= 4 is 12.4 Å². The van der Waals surface area contributed by atoms with E-state index in [0.29, 0.717) is 29.8 Å². The van der Waals surface area contributed by atoms with Gasteiger partial charge in [-0.25, -0.2) is 0 Å². The number of likely N-dealkylation sites (tertiary alicyclic amines) is 1. The molecule has 0 bridgehead atoms. The van der Waals surface area contributed by atoms with Crippen LogP contribution >= 0.6 is 12.4 Å².